The summed E-state index contributed by atoms with van der Waals surface area (Å²) >= 11 is 0. The molecular weight excluding hydrogens is 316 g/mol. The molecule has 1 aliphatic heterocycles. The minimum absolute atomic E-state index is 0.0128. The summed E-state index contributed by atoms with van der Waals surface area (Å²) in [7, 11) is 0. The van der Waals surface area contributed by atoms with E-state index >= 15 is 0 Å². The molecule has 1 amide bonds. The van der Waals surface area contributed by atoms with Gasteiger partial charge in [-0.2, -0.15) is 4.98 Å². The van der Waals surface area contributed by atoms with Crippen LogP contribution in [0.15, 0.2) is 42.7 Å². The van der Waals surface area contributed by atoms with E-state index in [-0.39, 0.29) is 12.0 Å². The Balaban J connectivity index is 1.39. The minimum Gasteiger partial charge on any atom is -0.472 e. The van der Waals surface area contributed by atoms with Gasteiger partial charge in [-0.15, -0.1) is 0 Å². The molecule has 25 heavy (non-hydrogen) atoms. The number of nitrogens with one attached hydrogen (secondary N) is 1. The number of ether oxygens (including phenoxy) is 1. The Morgan fingerprint density at radius 3 is 3.12 bits per heavy atom. The maximum Gasteiger partial charge on any atom is 0.227 e. The molecule has 3 heterocycles. The van der Waals surface area contributed by atoms with Crippen molar-refractivity contribution in [2.24, 2.45) is 0 Å². The molecule has 6 heteroatoms. The molecule has 0 radical (unpaired) electrons. The first-order chi connectivity index (χ1) is 12.2. The zero-order valence-electron chi connectivity index (χ0n) is 14.1. The molecule has 1 saturated heterocycles. The highest BCUT2D eigenvalue weighted by atomic mass is 16.5. The first-order valence-corrected chi connectivity index (χ1v) is 8.48. The Kier molecular flexibility index (Phi) is 4.09. The van der Waals surface area contributed by atoms with E-state index in [0.717, 1.165) is 29.4 Å². The molecule has 1 atom stereocenters. The number of likely N-dealkylation sites (tertiary alicyclic amines) is 1. The predicted molar refractivity (Wildman–Crippen MR) is 94.4 cm³/mol. The van der Waals surface area contributed by atoms with Gasteiger partial charge in [0.25, 0.3) is 0 Å². The van der Waals surface area contributed by atoms with Crippen molar-refractivity contribution in [3.63, 3.8) is 0 Å². The molecule has 1 fully saturated rings. The lowest BCUT2D eigenvalue weighted by Gasteiger charge is -2.17. The van der Waals surface area contributed by atoms with E-state index in [1.165, 1.54) is 0 Å². The van der Waals surface area contributed by atoms with Gasteiger partial charge in [0.15, 0.2) is 0 Å². The third kappa shape index (κ3) is 3.33. The lowest BCUT2D eigenvalue weighted by atomic mass is 10.1. The number of aryl methyl sites for hydroxylation is 1. The van der Waals surface area contributed by atoms with Crippen LogP contribution in [0.5, 0.6) is 5.88 Å². The van der Waals surface area contributed by atoms with Crippen molar-refractivity contribution in [1.29, 1.82) is 0 Å². The highest BCUT2D eigenvalue weighted by molar-refractivity contribution is 5.89. The van der Waals surface area contributed by atoms with Gasteiger partial charge in [0.2, 0.25) is 11.8 Å². The maximum atomic E-state index is 12.6. The lowest BCUT2D eigenvalue weighted by molar-refractivity contribution is -0.129. The molecule has 128 valence electrons. The van der Waals surface area contributed by atoms with E-state index in [1.54, 1.807) is 12.3 Å². The van der Waals surface area contributed by atoms with E-state index in [1.807, 2.05) is 42.3 Å². The Labute approximate surface area is 145 Å². The van der Waals surface area contributed by atoms with Gasteiger partial charge in [0.1, 0.15) is 11.9 Å². The number of hydrogen-bond donors (Lipinski definition) is 1. The quantitative estimate of drug-likeness (QED) is 0.794. The summed E-state index contributed by atoms with van der Waals surface area (Å²) in [6.45, 7) is 3.15. The van der Waals surface area contributed by atoms with Crippen LogP contribution in [0.25, 0.3) is 10.9 Å². The van der Waals surface area contributed by atoms with Gasteiger partial charge >= 0.3 is 0 Å². The van der Waals surface area contributed by atoms with Crippen LogP contribution in [-0.2, 0) is 11.2 Å². The summed E-state index contributed by atoms with van der Waals surface area (Å²) < 4.78 is 5.89. The van der Waals surface area contributed by atoms with E-state index in [0.29, 0.717) is 24.7 Å². The molecule has 0 unspecified atom stereocenters. The lowest BCUT2D eigenvalue weighted by Crippen LogP contribution is -2.32. The van der Waals surface area contributed by atoms with Gasteiger partial charge < -0.3 is 14.6 Å². The number of hydrogen-bond acceptors (Lipinski definition) is 4. The second kappa shape index (κ2) is 6.55. The number of carbonyl (C=O) groups excluding carboxylic acids is 1. The first-order valence-electron chi connectivity index (χ1n) is 8.48. The number of nitrogens with zero attached hydrogens (tertiary/aromatic N) is 3. The Morgan fingerprint density at radius 1 is 1.36 bits per heavy atom. The normalized spacial score (nSPS) is 17.2. The van der Waals surface area contributed by atoms with Gasteiger partial charge in [-0.05, 0) is 18.6 Å². The van der Waals surface area contributed by atoms with Crippen LogP contribution in [0.1, 0.15) is 17.8 Å². The second-order valence-corrected chi connectivity index (χ2v) is 6.35. The van der Waals surface area contributed by atoms with E-state index in [4.69, 9.17) is 4.74 Å². The topological polar surface area (TPSA) is 71.1 Å². The highest BCUT2D eigenvalue weighted by Gasteiger charge is 2.28. The minimum atomic E-state index is -0.0128. The number of carbonyl (C=O) groups is 1. The largest absolute Gasteiger partial charge is 0.472 e. The Morgan fingerprint density at radius 2 is 2.24 bits per heavy atom. The molecule has 0 bridgehead atoms. The fraction of sp³-hybridized carbons (Fsp3) is 0.316. The summed E-state index contributed by atoms with van der Waals surface area (Å²) in [5, 5.41) is 1.11. The van der Waals surface area contributed by atoms with Gasteiger partial charge in [-0.3, -0.25) is 4.79 Å². The van der Waals surface area contributed by atoms with Crippen molar-refractivity contribution >= 4 is 16.8 Å². The predicted octanol–water partition coefficient (Wildman–Crippen LogP) is 2.49. The number of rotatable bonds is 4. The van der Waals surface area contributed by atoms with Gasteiger partial charge in [-0.1, -0.05) is 18.2 Å². The summed E-state index contributed by atoms with van der Waals surface area (Å²) in [5.74, 6) is 1.39. The van der Waals surface area contributed by atoms with Crippen LogP contribution in [0.3, 0.4) is 0 Å². The SMILES string of the molecule is Cc1nccc(O[C@H]2CCN(C(=O)Cc3c[nH]c4ccccc34)C2)n1. The summed E-state index contributed by atoms with van der Waals surface area (Å²) in [5.41, 5.74) is 2.10. The van der Waals surface area contributed by atoms with Gasteiger partial charge in [-0.25, -0.2) is 4.98 Å². The monoisotopic (exact) mass is 336 g/mol. The van der Waals surface area contributed by atoms with Crippen LogP contribution < -0.4 is 4.74 Å². The molecular formula is C19H20N4O2. The molecule has 4 rings (SSSR count). The summed E-state index contributed by atoms with van der Waals surface area (Å²) in [6, 6.07) is 9.80. The second-order valence-electron chi connectivity index (χ2n) is 6.35. The van der Waals surface area contributed by atoms with Crippen LogP contribution >= 0.6 is 0 Å². The fourth-order valence-electron chi connectivity index (χ4n) is 3.27. The summed E-state index contributed by atoms with van der Waals surface area (Å²) in [6.07, 6.45) is 4.83. The molecule has 1 N–H and O–H groups in total. The van der Waals surface area contributed by atoms with Crippen molar-refractivity contribution in [2.45, 2.75) is 25.9 Å². The average Bonchev–Trinajstić information content (AvgIpc) is 3.23. The van der Waals surface area contributed by atoms with Gasteiger partial charge in [0.05, 0.1) is 13.0 Å². The first kappa shape index (κ1) is 15.6. The number of benzene rings is 1. The Hall–Kier alpha value is -2.89. The van der Waals surface area contributed by atoms with Crippen molar-refractivity contribution in [3.05, 3.63) is 54.1 Å². The number of aromatic amines is 1. The van der Waals surface area contributed by atoms with Crippen LogP contribution in [-0.4, -0.2) is 45.0 Å². The smallest absolute Gasteiger partial charge is 0.227 e. The molecule has 2 aromatic heterocycles. The number of H-pyrrole nitrogens is 1. The third-order valence-corrected chi connectivity index (χ3v) is 4.55. The van der Waals surface area contributed by atoms with Crippen molar-refractivity contribution in [2.75, 3.05) is 13.1 Å². The fourth-order valence-corrected chi connectivity index (χ4v) is 3.27. The zero-order valence-corrected chi connectivity index (χ0v) is 14.1. The maximum absolute atomic E-state index is 12.6. The number of para-hydroxylation sites is 1. The number of amides is 1. The molecule has 0 aliphatic carbocycles. The molecule has 1 aliphatic rings. The molecule has 0 saturated carbocycles. The molecule has 6 nitrogen and oxygen atoms in total. The van der Waals surface area contributed by atoms with E-state index < -0.39 is 0 Å². The van der Waals surface area contributed by atoms with E-state index in [9.17, 15) is 4.79 Å². The van der Waals surface area contributed by atoms with Crippen molar-refractivity contribution in [1.82, 2.24) is 19.9 Å². The standard InChI is InChI=1S/C19H20N4O2/c1-13-20-8-6-18(22-13)25-15-7-9-23(12-15)19(24)10-14-11-21-17-5-3-2-4-16(14)17/h2-6,8,11,15,21H,7,9-10,12H2,1H3/t15-/m0/s1. The summed E-state index contributed by atoms with van der Waals surface area (Å²) in [4.78, 5) is 26.1. The van der Waals surface area contributed by atoms with E-state index in [2.05, 4.69) is 15.0 Å². The van der Waals surface area contributed by atoms with Crippen LogP contribution in [0, 0.1) is 6.92 Å². The molecule has 0 spiro atoms. The zero-order chi connectivity index (χ0) is 17.2. The molecule has 1 aromatic carbocycles. The highest BCUT2D eigenvalue weighted by Crippen LogP contribution is 2.21. The average molecular weight is 336 g/mol. The number of aromatic nitrogens is 3. The van der Waals surface area contributed by atoms with Gasteiger partial charge in [0, 0.05) is 42.3 Å². The third-order valence-electron chi connectivity index (χ3n) is 4.55. The molecule has 3 aromatic rings. The Bertz CT molecular complexity index is 905. The van der Waals surface area contributed by atoms with Crippen molar-refractivity contribution in [3.8, 4) is 5.88 Å². The van der Waals surface area contributed by atoms with Crippen LogP contribution in [0.4, 0.5) is 0 Å². The number of fused-ring (bicyclic) bond motifs is 1. The van der Waals surface area contributed by atoms with Crippen LogP contribution in [0.2, 0.25) is 0 Å². The van der Waals surface area contributed by atoms with Crippen molar-refractivity contribution < 1.29 is 9.53 Å².